The molecule has 9 heteroatoms. The maximum absolute atomic E-state index is 13.0. The van der Waals surface area contributed by atoms with Crippen molar-refractivity contribution in [2.75, 3.05) is 26.2 Å². The smallest absolute Gasteiger partial charge is 0.290 e. The van der Waals surface area contributed by atoms with Crippen molar-refractivity contribution < 1.29 is 17.6 Å². The minimum atomic E-state index is -3.57. The average Bonchev–Trinajstić information content (AvgIpc) is 3.25. The highest BCUT2D eigenvalue weighted by Gasteiger charge is 2.40. The molecule has 0 spiro atoms. The fraction of sp³-hybridized carbons (Fsp3) is 0.706. The monoisotopic (exact) mass is 403 g/mol. The van der Waals surface area contributed by atoms with E-state index in [0.29, 0.717) is 18.8 Å². The van der Waals surface area contributed by atoms with Gasteiger partial charge in [0.25, 0.3) is 5.91 Å². The molecule has 2 atom stereocenters. The Bertz CT molecular complexity index is 759. The van der Waals surface area contributed by atoms with Crippen LogP contribution < -0.4 is 5.32 Å². The van der Waals surface area contributed by atoms with Gasteiger partial charge in [0.2, 0.25) is 10.0 Å². The van der Waals surface area contributed by atoms with E-state index in [1.807, 2.05) is 4.90 Å². The van der Waals surface area contributed by atoms with Crippen molar-refractivity contribution >= 4 is 28.3 Å². The minimum absolute atomic E-state index is 0. The molecule has 0 radical (unpaired) electrons. The summed E-state index contributed by atoms with van der Waals surface area (Å²) in [7, 11) is -3.57. The largest absolute Gasteiger partial charge is 0.455 e. The van der Waals surface area contributed by atoms with Gasteiger partial charge in [-0.25, -0.2) is 8.42 Å². The van der Waals surface area contributed by atoms with Gasteiger partial charge < -0.3 is 14.6 Å². The Hall–Kier alpha value is -1.09. The number of sulfonamides is 1. The van der Waals surface area contributed by atoms with Crippen LogP contribution in [0.15, 0.2) is 15.4 Å². The van der Waals surface area contributed by atoms with Gasteiger partial charge in [0, 0.05) is 37.8 Å². The number of nitrogens with one attached hydrogen (secondary N) is 1. The summed E-state index contributed by atoms with van der Waals surface area (Å²) < 4.78 is 32.7. The Morgan fingerprint density at radius 3 is 2.62 bits per heavy atom. The highest BCUT2D eigenvalue weighted by atomic mass is 35.5. The van der Waals surface area contributed by atoms with Crippen LogP contribution in [-0.2, 0) is 10.0 Å². The van der Waals surface area contributed by atoms with E-state index in [1.165, 1.54) is 10.4 Å². The van der Waals surface area contributed by atoms with Crippen molar-refractivity contribution in [3.63, 3.8) is 0 Å². The van der Waals surface area contributed by atoms with Crippen molar-refractivity contribution in [3.8, 4) is 0 Å². The first-order chi connectivity index (χ1) is 12.0. The van der Waals surface area contributed by atoms with Crippen LogP contribution in [0.4, 0.5) is 0 Å². The van der Waals surface area contributed by atoms with E-state index in [9.17, 15) is 13.2 Å². The van der Waals surface area contributed by atoms with Crippen molar-refractivity contribution in [2.45, 2.75) is 56.0 Å². The highest BCUT2D eigenvalue weighted by molar-refractivity contribution is 7.89. The second-order valence-electron chi connectivity index (χ2n) is 7.23. The summed E-state index contributed by atoms with van der Waals surface area (Å²) in [5.41, 5.74) is 0. The average molecular weight is 404 g/mol. The molecule has 1 amide bonds. The molecule has 1 aromatic heterocycles. The number of hydrogen-bond donors (Lipinski definition) is 1. The summed E-state index contributed by atoms with van der Waals surface area (Å²) in [6.07, 6.45) is 4.69. The summed E-state index contributed by atoms with van der Waals surface area (Å²) >= 11 is 0. The van der Waals surface area contributed by atoms with Gasteiger partial charge in [-0.3, -0.25) is 4.79 Å². The van der Waals surface area contributed by atoms with Crippen LogP contribution in [0.1, 0.15) is 48.4 Å². The third kappa shape index (κ3) is 3.28. The number of nitrogens with zero attached hydrogens (tertiary/aromatic N) is 2. The molecule has 7 nitrogen and oxygen atoms in total. The molecule has 0 aliphatic carbocycles. The van der Waals surface area contributed by atoms with Crippen LogP contribution in [-0.4, -0.2) is 61.8 Å². The first kappa shape index (κ1) is 19.7. The summed E-state index contributed by atoms with van der Waals surface area (Å²) in [5.74, 6) is 0.270. The lowest BCUT2D eigenvalue weighted by Crippen LogP contribution is -2.42. The molecule has 4 rings (SSSR count). The molecule has 26 heavy (non-hydrogen) atoms. The van der Waals surface area contributed by atoms with E-state index < -0.39 is 10.0 Å². The first-order valence-corrected chi connectivity index (χ1v) is 10.6. The normalized spacial score (nSPS) is 26.6. The van der Waals surface area contributed by atoms with Crippen molar-refractivity contribution in [1.82, 2.24) is 14.5 Å². The number of aryl methyl sites for hydroxylation is 1. The number of amides is 1. The molecular weight excluding hydrogens is 378 g/mol. The molecular formula is C17H26ClN3O4S. The minimum Gasteiger partial charge on any atom is -0.455 e. The maximum atomic E-state index is 13.0. The Labute approximate surface area is 160 Å². The molecule has 3 aliphatic heterocycles. The molecule has 3 saturated heterocycles. The lowest BCUT2D eigenvalue weighted by atomic mass is 10.1. The second kappa shape index (κ2) is 7.50. The number of carbonyl (C=O) groups excluding carboxylic acids is 1. The Kier molecular flexibility index (Phi) is 5.67. The van der Waals surface area contributed by atoms with Crippen LogP contribution in [0.25, 0.3) is 0 Å². The standard InChI is InChI=1S/C17H25N3O4S.ClH/c1-12-16(25(22,23)19-8-2-3-9-19)10-15(24-12)17(21)20-13-4-5-14(20)11-18-7-6-13;/h10,13-14,18H,2-9,11H2,1H3;1H. The van der Waals surface area contributed by atoms with Crippen LogP contribution in [0.5, 0.6) is 0 Å². The molecule has 3 aliphatic rings. The van der Waals surface area contributed by atoms with E-state index in [0.717, 1.165) is 45.2 Å². The van der Waals surface area contributed by atoms with E-state index in [1.54, 1.807) is 6.92 Å². The maximum Gasteiger partial charge on any atom is 0.290 e. The van der Waals surface area contributed by atoms with Crippen molar-refractivity contribution in [2.24, 2.45) is 0 Å². The molecule has 2 unspecified atom stereocenters. The summed E-state index contributed by atoms with van der Waals surface area (Å²) in [6, 6.07) is 1.82. The topological polar surface area (TPSA) is 82.9 Å². The zero-order valence-corrected chi connectivity index (χ0v) is 16.6. The van der Waals surface area contributed by atoms with Gasteiger partial charge in [-0.1, -0.05) is 0 Å². The van der Waals surface area contributed by atoms with Gasteiger partial charge in [-0.05, 0) is 45.6 Å². The van der Waals surface area contributed by atoms with Gasteiger partial charge in [0.1, 0.15) is 10.7 Å². The molecule has 2 bridgehead atoms. The van der Waals surface area contributed by atoms with Crippen LogP contribution in [0, 0.1) is 6.92 Å². The zero-order valence-electron chi connectivity index (χ0n) is 14.9. The Balaban J connectivity index is 0.00000196. The number of rotatable bonds is 3. The molecule has 3 fully saturated rings. The highest BCUT2D eigenvalue weighted by Crippen LogP contribution is 2.32. The van der Waals surface area contributed by atoms with Crippen LogP contribution in [0.3, 0.4) is 0 Å². The predicted octanol–water partition coefficient (Wildman–Crippen LogP) is 1.76. The van der Waals surface area contributed by atoms with E-state index >= 15 is 0 Å². The third-order valence-electron chi connectivity index (χ3n) is 5.65. The molecule has 1 aromatic rings. The van der Waals surface area contributed by atoms with Gasteiger partial charge >= 0.3 is 0 Å². The number of carbonyl (C=O) groups is 1. The Morgan fingerprint density at radius 1 is 1.19 bits per heavy atom. The number of halogens is 1. The fourth-order valence-corrected chi connectivity index (χ4v) is 6.01. The molecule has 0 aromatic carbocycles. The quantitative estimate of drug-likeness (QED) is 0.831. The molecule has 1 N–H and O–H groups in total. The summed E-state index contributed by atoms with van der Waals surface area (Å²) in [4.78, 5) is 15.1. The van der Waals surface area contributed by atoms with E-state index in [2.05, 4.69) is 5.32 Å². The summed E-state index contributed by atoms with van der Waals surface area (Å²) in [6.45, 7) is 4.41. The fourth-order valence-electron chi connectivity index (χ4n) is 4.34. The number of fused-ring (bicyclic) bond motifs is 2. The summed E-state index contributed by atoms with van der Waals surface area (Å²) in [5, 5.41) is 3.37. The Morgan fingerprint density at radius 2 is 1.88 bits per heavy atom. The van der Waals surface area contributed by atoms with Crippen LogP contribution in [0.2, 0.25) is 0 Å². The number of hydrogen-bond acceptors (Lipinski definition) is 5. The first-order valence-electron chi connectivity index (χ1n) is 9.12. The third-order valence-corrected chi connectivity index (χ3v) is 7.66. The van der Waals surface area contributed by atoms with Gasteiger partial charge in [-0.2, -0.15) is 4.31 Å². The molecule has 4 heterocycles. The van der Waals surface area contributed by atoms with Crippen LogP contribution >= 0.6 is 12.4 Å². The lowest BCUT2D eigenvalue weighted by molar-refractivity contribution is 0.0646. The van der Waals surface area contributed by atoms with Crippen molar-refractivity contribution in [3.05, 3.63) is 17.6 Å². The second-order valence-corrected chi connectivity index (χ2v) is 9.14. The number of furan rings is 1. The van der Waals surface area contributed by atoms with Crippen molar-refractivity contribution in [1.29, 1.82) is 0 Å². The molecule has 146 valence electrons. The van der Waals surface area contributed by atoms with E-state index in [-0.39, 0.29) is 41.1 Å². The molecule has 0 saturated carbocycles. The van der Waals surface area contributed by atoms with Gasteiger partial charge in [0.05, 0.1) is 0 Å². The lowest BCUT2D eigenvalue weighted by Gasteiger charge is -2.26. The van der Waals surface area contributed by atoms with E-state index in [4.69, 9.17) is 4.42 Å². The van der Waals surface area contributed by atoms with Gasteiger partial charge in [-0.15, -0.1) is 12.4 Å². The zero-order chi connectivity index (χ0) is 17.6. The SMILES string of the molecule is Cc1oc(C(=O)N2C3CCNCC2CC3)cc1S(=O)(=O)N1CCCC1.Cl. The predicted molar refractivity (Wildman–Crippen MR) is 99.2 cm³/mol. The van der Waals surface area contributed by atoms with Gasteiger partial charge in [0.15, 0.2) is 5.76 Å².